The van der Waals surface area contributed by atoms with Crippen LogP contribution in [0.15, 0.2) is 54.6 Å². The molecule has 2 aromatic rings. The summed E-state index contributed by atoms with van der Waals surface area (Å²) in [6.45, 7) is 0.475. The Morgan fingerprint density at radius 2 is 1.53 bits per heavy atom. The third-order valence-electron chi connectivity index (χ3n) is 6.75. The molecule has 3 rings (SSSR count). The van der Waals surface area contributed by atoms with Gasteiger partial charge in [0.05, 0.1) is 12.6 Å². The lowest BCUT2D eigenvalue weighted by Crippen LogP contribution is -2.54. The predicted octanol–water partition coefficient (Wildman–Crippen LogP) is 2.50. The molecule has 1 aliphatic rings. The Kier molecular flexibility index (Phi) is 10.9. The van der Waals surface area contributed by atoms with E-state index in [-0.39, 0.29) is 18.4 Å². The van der Waals surface area contributed by atoms with Crippen molar-refractivity contribution in [3.63, 3.8) is 0 Å². The van der Waals surface area contributed by atoms with Crippen LogP contribution in [-0.4, -0.2) is 41.5 Å². The summed E-state index contributed by atoms with van der Waals surface area (Å²) >= 11 is 0. The molecule has 2 atom stereocenters. The Hall–Kier alpha value is -3.23. The topological polar surface area (TPSA) is 134 Å². The molecule has 1 fully saturated rings. The quantitative estimate of drug-likeness (QED) is 0.291. The molecular weight excluding hydrogens is 456 g/mol. The number of nitrogens with two attached hydrogens (primary N) is 1. The molecule has 0 aliphatic heterocycles. The summed E-state index contributed by atoms with van der Waals surface area (Å²) in [5, 5.41) is 17.9. The summed E-state index contributed by atoms with van der Waals surface area (Å²) in [7, 11) is 0. The Balaban J connectivity index is 1.69. The normalized spacial score (nSPS) is 15.6. The van der Waals surface area contributed by atoms with Gasteiger partial charge in [-0.15, -0.1) is 0 Å². The molecule has 0 aromatic heterocycles. The zero-order valence-electron chi connectivity index (χ0n) is 20.7. The van der Waals surface area contributed by atoms with Crippen LogP contribution in [0, 0.1) is 5.92 Å². The van der Waals surface area contributed by atoms with Gasteiger partial charge in [-0.1, -0.05) is 86.7 Å². The van der Waals surface area contributed by atoms with E-state index >= 15 is 0 Å². The summed E-state index contributed by atoms with van der Waals surface area (Å²) in [6, 6.07) is 15.8. The van der Waals surface area contributed by atoms with Crippen molar-refractivity contribution in [3.8, 4) is 0 Å². The summed E-state index contributed by atoms with van der Waals surface area (Å²) in [4.78, 5) is 37.7. The average molecular weight is 495 g/mol. The van der Waals surface area contributed by atoms with Gasteiger partial charge in [-0.25, -0.2) is 0 Å². The van der Waals surface area contributed by atoms with Gasteiger partial charge in [0.1, 0.15) is 6.04 Å². The highest BCUT2D eigenvalue weighted by Gasteiger charge is 2.28. The van der Waals surface area contributed by atoms with Crippen molar-refractivity contribution in [3.05, 3.63) is 71.3 Å². The van der Waals surface area contributed by atoms with Crippen LogP contribution >= 0.6 is 0 Å². The molecule has 0 heterocycles. The van der Waals surface area contributed by atoms with Gasteiger partial charge in [0.2, 0.25) is 11.8 Å². The molecule has 0 spiro atoms. The largest absolute Gasteiger partial charge is 0.480 e. The number of nitrogens with one attached hydrogen (secondary N) is 3. The predicted molar refractivity (Wildman–Crippen MR) is 139 cm³/mol. The number of rotatable bonds is 13. The van der Waals surface area contributed by atoms with Gasteiger partial charge in [0.25, 0.3) is 0 Å². The molecule has 1 saturated carbocycles. The van der Waals surface area contributed by atoms with Gasteiger partial charge in [-0.05, 0) is 29.0 Å². The number of aliphatic carboxylic acids is 1. The lowest BCUT2D eigenvalue weighted by atomic mass is 9.84. The second-order valence-electron chi connectivity index (χ2n) is 9.56. The van der Waals surface area contributed by atoms with Gasteiger partial charge in [-0.3, -0.25) is 19.7 Å². The number of amides is 2. The monoisotopic (exact) mass is 494 g/mol. The van der Waals surface area contributed by atoms with E-state index in [4.69, 9.17) is 10.8 Å². The van der Waals surface area contributed by atoms with Gasteiger partial charge in [-0.2, -0.15) is 0 Å². The molecule has 0 radical (unpaired) electrons. The molecular formula is C28H38N4O4. The van der Waals surface area contributed by atoms with Crippen LogP contribution in [0.2, 0.25) is 0 Å². The van der Waals surface area contributed by atoms with Crippen LogP contribution in [0.5, 0.6) is 0 Å². The van der Waals surface area contributed by atoms with E-state index in [2.05, 4.69) is 16.0 Å². The zero-order chi connectivity index (χ0) is 25.8. The molecule has 2 amide bonds. The second-order valence-corrected chi connectivity index (χ2v) is 9.56. The Morgan fingerprint density at radius 3 is 2.17 bits per heavy atom. The van der Waals surface area contributed by atoms with Gasteiger partial charge in [0.15, 0.2) is 0 Å². The van der Waals surface area contributed by atoms with Crippen LogP contribution in [0.4, 0.5) is 0 Å². The second kappa shape index (κ2) is 14.4. The maximum Gasteiger partial charge on any atom is 0.317 e. The number of benzene rings is 2. The van der Waals surface area contributed by atoms with Crippen molar-refractivity contribution in [2.24, 2.45) is 11.7 Å². The maximum atomic E-state index is 13.3. The number of carbonyl (C=O) groups is 3. The summed E-state index contributed by atoms with van der Waals surface area (Å²) in [6.07, 6.45) is 6.42. The molecule has 2 aromatic carbocycles. The number of carbonyl (C=O) groups excluding carboxylic acids is 2. The lowest BCUT2D eigenvalue weighted by molar-refractivity contribution is -0.136. The zero-order valence-corrected chi connectivity index (χ0v) is 20.7. The number of carboxylic acid groups (broad SMARTS) is 1. The Morgan fingerprint density at radius 1 is 0.861 bits per heavy atom. The minimum atomic E-state index is -1.02. The molecule has 0 unspecified atom stereocenters. The van der Waals surface area contributed by atoms with Gasteiger partial charge >= 0.3 is 5.97 Å². The minimum Gasteiger partial charge on any atom is -0.480 e. The number of hydrogen-bond donors (Lipinski definition) is 5. The van der Waals surface area contributed by atoms with Gasteiger partial charge in [0, 0.05) is 19.5 Å². The molecule has 194 valence electrons. The minimum absolute atomic E-state index is 0.287. The highest BCUT2D eigenvalue weighted by Crippen LogP contribution is 2.27. The Labute approximate surface area is 213 Å². The molecule has 0 saturated heterocycles. The Bertz CT molecular complexity index is 975. The van der Waals surface area contributed by atoms with Crippen LogP contribution in [-0.2, 0) is 33.9 Å². The smallest absolute Gasteiger partial charge is 0.317 e. The van der Waals surface area contributed by atoms with Gasteiger partial charge < -0.3 is 21.5 Å². The lowest BCUT2D eigenvalue weighted by Gasteiger charge is -2.28. The van der Waals surface area contributed by atoms with Crippen molar-refractivity contribution < 1.29 is 19.5 Å². The average Bonchev–Trinajstić information content (AvgIpc) is 2.90. The number of hydrogen-bond acceptors (Lipinski definition) is 5. The van der Waals surface area contributed by atoms with Crippen molar-refractivity contribution in [1.82, 2.24) is 16.0 Å². The third kappa shape index (κ3) is 9.09. The maximum absolute atomic E-state index is 13.3. The van der Waals surface area contributed by atoms with E-state index < -0.39 is 18.1 Å². The van der Waals surface area contributed by atoms with E-state index in [1.807, 2.05) is 54.6 Å². The molecule has 6 N–H and O–H groups in total. The van der Waals surface area contributed by atoms with Crippen LogP contribution in [0.25, 0.3) is 0 Å². The van der Waals surface area contributed by atoms with Crippen molar-refractivity contribution in [2.75, 3.05) is 6.54 Å². The molecule has 8 nitrogen and oxygen atoms in total. The van der Waals surface area contributed by atoms with Crippen LogP contribution in [0.3, 0.4) is 0 Å². The first-order chi connectivity index (χ1) is 17.4. The molecule has 0 bridgehead atoms. The van der Waals surface area contributed by atoms with E-state index in [9.17, 15) is 14.4 Å². The van der Waals surface area contributed by atoms with E-state index in [0.29, 0.717) is 31.8 Å². The molecule has 36 heavy (non-hydrogen) atoms. The first-order valence-corrected chi connectivity index (χ1v) is 12.8. The standard InChI is InChI=1S/C28H38N4O4/c29-17-22-11-13-23(14-12-22)18-31-27(35)25(16-21-9-5-2-6-10-21)32-28(36)24(30-19-26(33)34)15-20-7-3-1-4-8-20/h2,5-6,9-14,20,24-25,30H,1,3-4,7-8,15-19,29H2,(H,31,35)(H,32,36)(H,33,34)/t24-,25+/m1/s1. The summed E-state index contributed by atoms with van der Waals surface area (Å²) in [5.41, 5.74) is 8.52. The van der Waals surface area contributed by atoms with E-state index in [1.165, 1.54) is 6.42 Å². The van der Waals surface area contributed by atoms with E-state index in [0.717, 1.165) is 42.4 Å². The van der Waals surface area contributed by atoms with Crippen molar-refractivity contribution in [2.45, 2.75) is 70.1 Å². The fraction of sp³-hybridized carbons (Fsp3) is 0.464. The van der Waals surface area contributed by atoms with Crippen molar-refractivity contribution >= 4 is 17.8 Å². The van der Waals surface area contributed by atoms with Crippen LogP contribution in [0.1, 0.15) is 55.2 Å². The van der Waals surface area contributed by atoms with Crippen LogP contribution < -0.4 is 21.7 Å². The molecule has 8 heteroatoms. The highest BCUT2D eigenvalue weighted by molar-refractivity contribution is 5.90. The fourth-order valence-corrected chi connectivity index (χ4v) is 4.69. The SMILES string of the molecule is NCc1ccc(CNC(=O)[C@H](Cc2ccccc2)NC(=O)[C@@H](CC2CCCCC2)NCC(=O)O)cc1. The first kappa shape index (κ1) is 27.4. The van der Waals surface area contributed by atoms with Crippen molar-refractivity contribution in [1.29, 1.82) is 0 Å². The molecule has 1 aliphatic carbocycles. The summed E-state index contributed by atoms with van der Waals surface area (Å²) < 4.78 is 0. The first-order valence-electron chi connectivity index (χ1n) is 12.8. The fourth-order valence-electron chi connectivity index (χ4n) is 4.69. The highest BCUT2D eigenvalue weighted by atomic mass is 16.4. The third-order valence-corrected chi connectivity index (χ3v) is 6.75. The number of carboxylic acids is 1. The summed E-state index contributed by atoms with van der Waals surface area (Å²) in [5.74, 6) is -1.28. The van der Waals surface area contributed by atoms with E-state index in [1.54, 1.807) is 0 Å².